The number of hydrogen-bond acceptors (Lipinski definition) is 5. The number of nitrogens with zero attached hydrogens (tertiary/aromatic N) is 2. The van der Waals surface area contributed by atoms with Gasteiger partial charge >= 0.3 is 0 Å². The summed E-state index contributed by atoms with van der Waals surface area (Å²) < 4.78 is 26.3. The number of aliphatic hydroxyl groups excluding tert-OH is 1. The topological polar surface area (TPSA) is 101 Å². The summed E-state index contributed by atoms with van der Waals surface area (Å²) in [5.41, 5.74) is 5.55. The summed E-state index contributed by atoms with van der Waals surface area (Å²) in [5, 5.41) is 13.7. The number of sulfone groups is 1. The minimum Gasteiger partial charge on any atom is -0.394 e. The molecule has 0 saturated heterocycles. The summed E-state index contributed by atoms with van der Waals surface area (Å²) in [7, 11) is -3.37. The molecule has 1 amide bonds. The van der Waals surface area contributed by atoms with E-state index < -0.39 is 15.9 Å². The number of aromatic nitrogens is 2. The van der Waals surface area contributed by atoms with Crippen LogP contribution in [0.25, 0.3) is 10.9 Å². The standard InChI is InChI=1S/C28H31N3O4S/c1-4-31-23(14-20-8-6-19(3)7-9-20)16-22-15-21(10-13-27(22)31)28(33)30-26(18-32)25-12-11-24(17-29-25)36(34,35)5-2/h6-13,15-17,26,32H,4-5,14,18H2,1-3H3,(H,30,33)/t26-/m0/s1. The first-order chi connectivity index (χ1) is 17.2. The summed E-state index contributed by atoms with van der Waals surface area (Å²) in [6.45, 7) is 6.19. The Morgan fingerprint density at radius 3 is 2.42 bits per heavy atom. The Kier molecular flexibility index (Phi) is 7.56. The zero-order valence-electron chi connectivity index (χ0n) is 20.7. The Bertz CT molecular complexity index is 1470. The molecule has 0 aliphatic carbocycles. The van der Waals surface area contributed by atoms with Crippen LogP contribution in [0.1, 0.15) is 52.8 Å². The molecule has 0 aliphatic rings. The first-order valence-electron chi connectivity index (χ1n) is 12.0. The van der Waals surface area contributed by atoms with Gasteiger partial charge in [0.15, 0.2) is 9.84 Å². The zero-order chi connectivity index (χ0) is 25.9. The van der Waals surface area contributed by atoms with Crippen molar-refractivity contribution in [3.63, 3.8) is 0 Å². The average molecular weight is 506 g/mol. The van der Waals surface area contributed by atoms with Gasteiger partial charge in [-0.15, -0.1) is 0 Å². The van der Waals surface area contributed by atoms with E-state index in [1.165, 1.54) is 35.2 Å². The smallest absolute Gasteiger partial charge is 0.251 e. The van der Waals surface area contributed by atoms with Gasteiger partial charge in [0, 0.05) is 41.3 Å². The lowest BCUT2D eigenvalue weighted by Gasteiger charge is -2.16. The molecule has 0 unspecified atom stereocenters. The Hall–Kier alpha value is -3.49. The van der Waals surface area contributed by atoms with Gasteiger partial charge in [-0.05, 0) is 55.8 Å². The second kappa shape index (κ2) is 10.6. The van der Waals surface area contributed by atoms with Gasteiger partial charge < -0.3 is 15.0 Å². The lowest BCUT2D eigenvalue weighted by atomic mass is 10.1. The van der Waals surface area contributed by atoms with Gasteiger partial charge in [0.05, 0.1) is 29.0 Å². The van der Waals surface area contributed by atoms with E-state index in [4.69, 9.17) is 0 Å². The fourth-order valence-corrected chi connectivity index (χ4v) is 5.13. The fourth-order valence-electron chi connectivity index (χ4n) is 4.31. The molecule has 0 radical (unpaired) electrons. The average Bonchev–Trinajstić information content (AvgIpc) is 3.24. The molecule has 2 aromatic carbocycles. The van der Waals surface area contributed by atoms with Crippen LogP contribution >= 0.6 is 0 Å². The van der Waals surface area contributed by atoms with Crippen molar-refractivity contribution in [2.24, 2.45) is 0 Å². The van der Waals surface area contributed by atoms with E-state index in [1.54, 1.807) is 13.0 Å². The highest BCUT2D eigenvalue weighted by Crippen LogP contribution is 2.24. The van der Waals surface area contributed by atoms with Crippen LogP contribution in [0.15, 0.2) is 71.8 Å². The summed E-state index contributed by atoms with van der Waals surface area (Å²) in [6.07, 6.45) is 2.06. The summed E-state index contributed by atoms with van der Waals surface area (Å²) in [5.74, 6) is -0.365. The maximum Gasteiger partial charge on any atom is 0.251 e. The monoisotopic (exact) mass is 505 g/mol. The Morgan fingerprint density at radius 2 is 1.81 bits per heavy atom. The van der Waals surface area contributed by atoms with Crippen molar-refractivity contribution in [2.45, 2.75) is 44.7 Å². The number of aryl methyl sites for hydroxylation is 2. The van der Waals surface area contributed by atoms with Crippen molar-refractivity contribution < 1.29 is 18.3 Å². The Labute approximate surface area is 211 Å². The molecule has 0 aliphatic heterocycles. The molecule has 4 aromatic rings. The van der Waals surface area contributed by atoms with Crippen molar-refractivity contribution in [1.29, 1.82) is 0 Å². The first-order valence-corrected chi connectivity index (χ1v) is 13.7. The molecular weight excluding hydrogens is 474 g/mol. The highest BCUT2D eigenvalue weighted by Gasteiger charge is 2.19. The van der Waals surface area contributed by atoms with Crippen LogP contribution in [-0.2, 0) is 22.8 Å². The quantitative estimate of drug-likeness (QED) is 0.355. The molecule has 36 heavy (non-hydrogen) atoms. The predicted octanol–water partition coefficient (Wildman–Crippen LogP) is 4.21. The van der Waals surface area contributed by atoms with Gasteiger partial charge in [0.2, 0.25) is 0 Å². The number of carbonyl (C=O) groups is 1. The lowest BCUT2D eigenvalue weighted by molar-refractivity contribution is 0.0915. The number of pyridine rings is 1. The predicted molar refractivity (Wildman–Crippen MR) is 141 cm³/mol. The van der Waals surface area contributed by atoms with Gasteiger partial charge in [-0.25, -0.2) is 8.42 Å². The zero-order valence-corrected chi connectivity index (χ0v) is 21.5. The van der Waals surface area contributed by atoms with Crippen LogP contribution in [0.3, 0.4) is 0 Å². The number of fused-ring (bicyclic) bond motifs is 1. The second-order valence-electron chi connectivity index (χ2n) is 8.85. The van der Waals surface area contributed by atoms with E-state index in [1.807, 2.05) is 12.1 Å². The third-order valence-corrected chi connectivity index (χ3v) is 8.13. The molecule has 0 fully saturated rings. The number of amides is 1. The number of hydrogen-bond donors (Lipinski definition) is 2. The largest absolute Gasteiger partial charge is 0.394 e. The van der Waals surface area contributed by atoms with E-state index in [9.17, 15) is 18.3 Å². The van der Waals surface area contributed by atoms with E-state index >= 15 is 0 Å². The molecule has 2 N–H and O–H groups in total. The highest BCUT2D eigenvalue weighted by atomic mass is 32.2. The van der Waals surface area contributed by atoms with Crippen LogP contribution in [-0.4, -0.2) is 41.3 Å². The number of carbonyl (C=O) groups excluding carboxylic acids is 1. The summed E-state index contributed by atoms with van der Waals surface area (Å²) in [6, 6.07) is 18.4. The van der Waals surface area contributed by atoms with Crippen LogP contribution in [0.2, 0.25) is 0 Å². The van der Waals surface area contributed by atoms with Crippen molar-refractivity contribution >= 4 is 26.6 Å². The normalized spacial score (nSPS) is 12.6. The van der Waals surface area contributed by atoms with Gasteiger partial charge in [-0.3, -0.25) is 9.78 Å². The van der Waals surface area contributed by atoms with Crippen LogP contribution in [0, 0.1) is 6.92 Å². The maximum absolute atomic E-state index is 13.0. The van der Waals surface area contributed by atoms with Crippen LogP contribution in [0.5, 0.6) is 0 Å². The minimum absolute atomic E-state index is 0.0246. The first kappa shape index (κ1) is 25.6. The molecule has 4 rings (SSSR count). The van der Waals surface area contributed by atoms with E-state index in [0.717, 1.165) is 23.9 Å². The molecule has 8 heteroatoms. The third-order valence-electron chi connectivity index (χ3n) is 6.41. The Morgan fingerprint density at radius 1 is 1.06 bits per heavy atom. The number of aliphatic hydroxyl groups is 1. The SMILES string of the molecule is CCn1c(Cc2ccc(C)cc2)cc2cc(C(=O)N[C@@H](CO)c3ccc(S(=O)(=O)CC)cn3)ccc21. The van der Waals surface area contributed by atoms with Gasteiger partial charge in [0.25, 0.3) is 5.91 Å². The van der Waals surface area contributed by atoms with E-state index in [-0.39, 0.29) is 23.2 Å². The number of nitrogens with one attached hydrogen (secondary N) is 1. The van der Waals surface area contributed by atoms with Crippen molar-refractivity contribution in [1.82, 2.24) is 14.9 Å². The molecule has 0 spiro atoms. The van der Waals surface area contributed by atoms with Gasteiger partial charge in [-0.2, -0.15) is 0 Å². The van der Waals surface area contributed by atoms with Crippen LogP contribution < -0.4 is 5.32 Å². The molecule has 188 valence electrons. The molecule has 7 nitrogen and oxygen atoms in total. The summed E-state index contributed by atoms with van der Waals surface area (Å²) in [4.78, 5) is 17.3. The van der Waals surface area contributed by atoms with E-state index in [0.29, 0.717) is 11.3 Å². The molecule has 0 saturated carbocycles. The van der Waals surface area contributed by atoms with Crippen molar-refractivity contribution in [2.75, 3.05) is 12.4 Å². The molecule has 0 bridgehead atoms. The second-order valence-corrected chi connectivity index (χ2v) is 11.1. The summed E-state index contributed by atoms with van der Waals surface area (Å²) >= 11 is 0. The molecule has 1 atom stereocenters. The minimum atomic E-state index is -3.37. The van der Waals surface area contributed by atoms with Crippen molar-refractivity contribution in [3.8, 4) is 0 Å². The van der Waals surface area contributed by atoms with E-state index in [2.05, 4.69) is 59.0 Å². The fraction of sp³-hybridized carbons (Fsp3) is 0.286. The van der Waals surface area contributed by atoms with Crippen LogP contribution in [0.4, 0.5) is 0 Å². The molecule has 2 heterocycles. The lowest BCUT2D eigenvalue weighted by Crippen LogP contribution is -2.31. The third kappa shape index (κ3) is 5.34. The maximum atomic E-state index is 13.0. The van der Waals surface area contributed by atoms with Gasteiger partial charge in [-0.1, -0.05) is 36.8 Å². The highest BCUT2D eigenvalue weighted by molar-refractivity contribution is 7.91. The van der Waals surface area contributed by atoms with Gasteiger partial charge in [0.1, 0.15) is 0 Å². The Balaban J connectivity index is 1.56. The van der Waals surface area contributed by atoms with Crippen molar-refractivity contribution in [3.05, 3.63) is 94.9 Å². The number of rotatable bonds is 9. The number of benzene rings is 2. The molecule has 2 aromatic heterocycles. The molecular formula is C28H31N3O4S.